The molecule has 1 heterocycles. The van der Waals surface area contributed by atoms with Gasteiger partial charge in [0.25, 0.3) is 0 Å². The summed E-state index contributed by atoms with van der Waals surface area (Å²) in [5.74, 6) is 1.75. The van der Waals surface area contributed by atoms with Crippen molar-refractivity contribution in [1.29, 1.82) is 0 Å². The molecule has 3 rings (SSSR count). The molecule has 0 aliphatic carbocycles. The summed E-state index contributed by atoms with van der Waals surface area (Å²) in [4.78, 5) is 25.5. The highest BCUT2D eigenvalue weighted by Gasteiger charge is 2.22. The minimum atomic E-state index is -0.233. The maximum atomic E-state index is 12.3. The number of hydrogen-bond acceptors (Lipinski definition) is 4. The number of benzene rings is 2. The van der Waals surface area contributed by atoms with Crippen LogP contribution in [-0.4, -0.2) is 36.4 Å². The molecule has 26 heavy (non-hydrogen) atoms. The quantitative estimate of drug-likeness (QED) is 0.827. The highest BCUT2D eigenvalue weighted by atomic mass is 16.5. The van der Waals surface area contributed by atoms with E-state index in [0.29, 0.717) is 36.8 Å². The van der Waals surface area contributed by atoms with Gasteiger partial charge in [0.2, 0.25) is 11.8 Å². The number of carbonyl (C=O) groups is 2. The first-order valence-corrected chi connectivity index (χ1v) is 8.73. The van der Waals surface area contributed by atoms with E-state index in [1.54, 1.807) is 17.0 Å². The van der Waals surface area contributed by atoms with Crippen LogP contribution in [0.3, 0.4) is 0 Å². The number of likely N-dealkylation sites (tertiary alicyclic amines) is 1. The molecule has 0 radical (unpaired) electrons. The fraction of sp³-hybridized carbons (Fsp3) is 0.300. The summed E-state index contributed by atoms with van der Waals surface area (Å²) in [5, 5.41) is 2.83. The first kappa shape index (κ1) is 17.8. The van der Waals surface area contributed by atoms with Crippen LogP contribution in [0.2, 0.25) is 0 Å². The lowest BCUT2D eigenvalue weighted by Crippen LogP contribution is -2.34. The second-order valence-corrected chi connectivity index (χ2v) is 5.97. The van der Waals surface area contributed by atoms with Crippen LogP contribution >= 0.6 is 0 Å². The van der Waals surface area contributed by atoms with Crippen LogP contribution < -0.4 is 14.8 Å². The summed E-state index contributed by atoms with van der Waals surface area (Å²) in [5.41, 5.74) is 0.568. The Labute approximate surface area is 152 Å². The zero-order chi connectivity index (χ0) is 18.4. The van der Waals surface area contributed by atoms with Crippen LogP contribution in [0.1, 0.15) is 19.8 Å². The predicted octanol–water partition coefficient (Wildman–Crippen LogP) is 3.44. The number of hydrogen-bond donors (Lipinski definition) is 1. The monoisotopic (exact) mass is 354 g/mol. The van der Waals surface area contributed by atoms with E-state index in [4.69, 9.17) is 9.47 Å². The molecule has 1 fully saturated rings. The summed E-state index contributed by atoms with van der Waals surface area (Å²) < 4.78 is 11.3. The second kappa shape index (κ2) is 8.38. The topological polar surface area (TPSA) is 67.9 Å². The van der Waals surface area contributed by atoms with E-state index < -0.39 is 0 Å². The van der Waals surface area contributed by atoms with Crippen LogP contribution in [0.15, 0.2) is 48.5 Å². The van der Waals surface area contributed by atoms with E-state index in [9.17, 15) is 9.59 Å². The normalized spacial score (nSPS) is 13.6. The van der Waals surface area contributed by atoms with Gasteiger partial charge in [0.05, 0.1) is 18.8 Å². The molecule has 1 saturated heterocycles. The van der Waals surface area contributed by atoms with Crippen molar-refractivity contribution in [2.45, 2.75) is 19.8 Å². The highest BCUT2D eigenvalue weighted by Crippen LogP contribution is 2.30. The SMILES string of the molecule is CCOc1ccc(Oc2ccccc2NC(=O)CN2CCCC2=O)cc1. The third-order valence-electron chi connectivity index (χ3n) is 4.03. The number of ether oxygens (including phenoxy) is 2. The van der Waals surface area contributed by atoms with E-state index in [1.807, 2.05) is 43.3 Å². The summed E-state index contributed by atoms with van der Waals surface area (Å²) in [6.45, 7) is 3.24. The average Bonchev–Trinajstić information content (AvgIpc) is 3.03. The van der Waals surface area contributed by atoms with Gasteiger partial charge in [-0.3, -0.25) is 9.59 Å². The van der Waals surface area contributed by atoms with Crippen LogP contribution in [0, 0.1) is 0 Å². The number of para-hydroxylation sites is 2. The van der Waals surface area contributed by atoms with Crippen molar-refractivity contribution >= 4 is 17.5 Å². The lowest BCUT2D eigenvalue weighted by Gasteiger charge is -2.16. The second-order valence-electron chi connectivity index (χ2n) is 5.97. The molecule has 0 atom stereocenters. The first-order chi connectivity index (χ1) is 12.7. The lowest BCUT2D eigenvalue weighted by molar-refractivity contribution is -0.131. The molecule has 0 spiro atoms. The Balaban J connectivity index is 1.65. The van der Waals surface area contributed by atoms with E-state index in [1.165, 1.54) is 0 Å². The zero-order valence-corrected chi connectivity index (χ0v) is 14.7. The Morgan fingerprint density at radius 3 is 2.54 bits per heavy atom. The van der Waals surface area contributed by atoms with E-state index in [2.05, 4.69) is 5.32 Å². The van der Waals surface area contributed by atoms with Crippen molar-refractivity contribution in [1.82, 2.24) is 4.90 Å². The van der Waals surface area contributed by atoms with Gasteiger partial charge >= 0.3 is 0 Å². The van der Waals surface area contributed by atoms with Gasteiger partial charge in [0, 0.05) is 13.0 Å². The summed E-state index contributed by atoms with van der Waals surface area (Å²) in [6.07, 6.45) is 1.33. The molecule has 1 aliphatic heterocycles. The number of carbonyl (C=O) groups excluding carboxylic acids is 2. The van der Waals surface area contributed by atoms with Crippen LogP contribution in [-0.2, 0) is 9.59 Å². The van der Waals surface area contributed by atoms with E-state index >= 15 is 0 Å². The van der Waals surface area contributed by atoms with Crippen molar-refractivity contribution < 1.29 is 19.1 Å². The number of nitrogens with zero attached hydrogens (tertiary/aromatic N) is 1. The Hall–Kier alpha value is -3.02. The molecule has 1 aliphatic rings. The standard InChI is InChI=1S/C20H22N2O4/c1-2-25-15-9-11-16(12-10-15)26-18-7-4-3-6-17(18)21-19(23)14-22-13-5-8-20(22)24/h3-4,6-7,9-12H,2,5,8,13-14H2,1H3,(H,21,23). The summed E-state index contributed by atoms with van der Waals surface area (Å²) in [6, 6.07) is 14.5. The van der Waals surface area contributed by atoms with Gasteiger partial charge in [-0.25, -0.2) is 0 Å². The molecule has 6 nitrogen and oxygen atoms in total. The largest absolute Gasteiger partial charge is 0.494 e. The molecule has 2 aromatic rings. The summed E-state index contributed by atoms with van der Waals surface area (Å²) >= 11 is 0. The Bertz CT molecular complexity index is 774. The molecule has 136 valence electrons. The minimum Gasteiger partial charge on any atom is -0.494 e. The molecular weight excluding hydrogens is 332 g/mol. The van der Waals surface area contributed by atoms with E-state index in [0.717, 1.165) is 12.2 Å². The highest BCUT2D eigenvalue weighted by molar-refractivity contribution is 5.96. The smallest absolute Gasteiger partial charge is 0.244 e. The van der Waals surface area contributed by atoms with Gasteiger partial charge in [0.15, 0.2) is 5.75 Å². The fourth-order valence-corrected chi connectivity index (χ4v) is 2.79. The molecule has 2 aromatic carbocycles. The fourth-order valence-electron chi connectivity index (χ4n) is 2.79. The number of nitrogens with one attached hydrogen (secondary N) is 1. The van der Waals surface area contributed by atoms with Gasteiger partial charge in [0.1, 0.15) is 11.5 Å². The predicted molar refractivity (Wildman–Crippen MR) is 98.6 cm³/mol. The third-order valence-corrected chi connectivity index (χ3v) is 4.03. The van der Waals surface area contributed by atoms with Crippen molar-refractivity contribution in [3.05, 3.63) is 48.5 Å². The van der Waals surface area contributed by atoms with Gasteiger partial charge in [-0.1, -0.05) is 12.1 Å². The molecule has 6 heteroatoms. The maximum Gasteiger partial charge on any atom is 0.244 e. The van der Waals surface area contributed by atoms with Crippen LogP contribution in [0.25, 0.3) is 0 Å². The Morgan fingerprint density at radius 2 is 1.85 bits per heavy atom. The van der Waals surface area contributed by atoms with E-state index in [-0.39, 0.29) is 18.4 Å². The number of rotatable bonds is 7. The molecule has 0 unspecified atom stereocenters. The lowest BCUT2D eigenvalue weighted by atomic mass is 10.2. The van der Waals surface area contributed by atoms with Gasteiger partial charge in [-0.2, -0.15) is 0 Å². The summed E-state index contributed by atoms with van der Waals surface area (Å²) in [7, 11) is 0. The van der Waals surface area contributed by atoms with Crippen molar-refractivity contribution in [3.63, 3.8) is 0 Å². The van der Waals surface area contributed by atoms with Crippen LogP contribution in [0.4, 0.5) is 5.69 Å². The Morgan fingerprint density at radius 1 is 1.12 bits per heavy atom. The number of anilines is 1. The Kier molecular flexibility index (Phi) is 5.73. The first-order valence-electron chi connectivity index (χ1n) is 8.73. The maximum absolute atomic E-state index is 12.3. The molecule has 0 bridgehead atoms. The van der Waals surface area contributed by atoms with Crippen molar-refractivity contribution in [3.8, 4) is 17.2 Å². The van der Waals surface area contributed by atoms with Crippen molar-refractivity contribution in [2.75, 3.05) is 25.0 Å². The van der Waals surface area contributed by atoms with Gasteiger partial charge < -0.3 is 19.7 Å². The third kappa shape index (κ3) is 4.53. The average molecular weight is 354 g/mol. The zero-order valence-electron chi connectivity index (χ0n) is 14.7. The molecule has 0 saturated carbocycles. The van der Waals surface area contributed by atoms with Crippen molar-refractivity contribution in [2.24, 2.45) is 0 Å². The molecule has 0 aromatic heterocycles. The molecule has 2 amide bonds. The van der Waals surface area contributed by atoms with Crippen LogP contribution in [0.5, 0.6) is 17.2 Å². The van der Waals surface area contributed by atoms with Gasteiger partial charge in [-0.15, -0.1) is 0 Å². The minimum absolute atomic E-state index is 0.0269. The van der Waals surface area contributed by atoms with Gasteiger partial charge in [-0.05, 0) is 49.7 Å². The number of amides is 2. The molecule has 1 N–H and O–H groups in total. The molecular formula is C20H22N2O4.